The van der Waals surface area contributed by atoms with E-state index in [1.54, 1.807) is 0 Å². The second kappa shape index (κ2) is 6.09. The van der Waals surface area contributed by atoms with Crippen LogP contribution in [0, 0.1) is 0 Å². The van der Waals surface area contributed by atoms with E-state index in [9.17, 15) is 0 Å². The summed E-state index contributed by atoms with van der Waals surface area (Å²) in [5, 5.41) is 4.75. The van der Waals surface area contributed by atoms with Crippen LogP contribution in [0.3, 0.4) is 0 Å². The number of aromatic nitrogens is 3. The molecule has 2 aromatic carbocycles. The standard InChI is InChI=1S/C18H14ClN3O2/c1-2-16-20-14-9-12(7-8-15(14)23-16)18-21-17(24-22-18)10-11-5-3-4-6-13(11)19/h3-9H,2,10H2,1H3. The van der Waals surface area contributed by atoms with Gasteiger partial charge >= 0.3 is 0 Å². The lowest BCUT2D eigenvalue weighted by Crippen LogP contribution is -1.89. The van der Waals surface area contributed by atoms with Crippen LogP contribution in [0.25, 0.3) is 22.5 Å². The van der Waals surface area contributed by atoms with E-state index in [1.807, 2.05) is 49.4 Å². The minimum atomic E-state index is 0.499. The van der Waals surface area contributed by atoms with Gasteiger partial charge in [-0.15, -0.1) is 0 Å². The number of hydrogen-bond acceptors (Lipinski definition) is 5. The van der Waals surface area contributed by atoms with Gasteiger partial charge in [0.05, 0.1) is 6.42 Å². The molecular formula is C18H14ClN3O2. The third-order valence-electron chi connectivity index (χ3n) is 3.76. The van der Waals surface area contributed by atoms with E-state index in [-0.39, 0.29) is 0 Å². The highest BCUT2D eigenvalue weighted by Crippen LogP contribution is 2.24. The highest BCUT2D eigenvalue weighted by atomic mass is 35.5. The van der Waals surface area contributed by atoms with Crippen molar-refractivity contribution < 1.29 is 8.94 Å². The second-order valence-corrected chi connectivity index (χ2v) is 5.83. The number of aryl methyl sites for hydroxylation is 1. The molecule has 0 aliphatic heterocycles. The van der Waals surface area contributed by atoms with Crippen molar-refractivity contribution in [1.82, 2.24) is 15.1 Å². The Morgan fingerprint density at radius 2 is 1.92 bits per heavy atom. The molecule has 5 nitrogen and oxygen atoms in total. The Morgan fingerprint density at radius 3 is 2.75 bits per heavy atom. The molecular weight excluding hydrogens is 326 g/mol. The average Bonchev–Trinajstić information content (AvgIpc) is 3.22. The Kier molecular flexibility index (Phi) is 3.78. The zero-order valence-corrected chi connectivity index (χ0v) is 13.7. The predicted octanol–water partition coefficient (Wildman–Crippen LogP) is 4.68. The van der Waals surface area contributed by atoms with E-state index < -0.39 is 0 Å². The Bertz CT molecular complexity index is 1010. The Morgan fingerprint density at radius 1 is 1.04 bits per heavy atom. The number of halogens is 1. The second-order valence-electron chi connectivity index (χ2n) is 5.42. The van der Waals surface area contributed by atoms with Crippen molar-refractivity contribution in [2.45, 2.75) is 19.8 Å². The van der Waals surface area contributed by atoms with E-state index in [4.69, 9.17) is 20.5 Å². The predicted molar refractivity (Wildman–Crippen MR) is 90.9 cm³/mol. The van der Waals surface area contributed by atoms with Gasteiger partial charge in [0.25, 0.3) is 0 Å². The van der Waals surface area contributed by atoms with Crippen LogP contribution in [0.5, 0.6) is 0 Å². The fraction of sp³-hybridized carbons (Fsp3) is 0.167. The number of oxazole rings is 1. The van der Waals surface area contributed by atoms with Gasteiger partial charge in [-0.2, -0.15) is 4.98 Å². The van der Waals surface area contributed by atoms with Crippen molar-refractivity contribution in [3.8, 4) is 11.4 Å². The monoisotopic (exact) mass is 339 g/mol. The first-order valence-electron chi connectivity index (χ1n) is 7.69. The summed E-state index contributed by atoms with van der Waals surface area (Å²) in [6.45, 7) is 2.01. The molecule has 0 aliphatic carbocycles. The molecule has 0 unspecified atom stereocenters. The van der Waals surface area contributed by atoms with Crippen LogP contribution in [-0.2, 0) is 12.8 Å². The molecule has 24 heavy (non-hydrogen) atoms. The minimum absolute atomic E-state index is 0.499. The minimum Gasteiger partial charge on any atom is -0.441 e. The fourth-order valence-corrected chi connectivity index (χ4v) is 2.72. The molecule has 4 rings (SSSR count). The van der Waals surface area contributed by atoms with Crippen molar-refractivity contribution in [2.75, 3.05) is 0 Å². The van der Waals surface area contributed by atoms with E-state index in [1.165, 1.54) is 0 Å². The van der Waals surface area contributed by atoms with Crippen LogP contribution in [0.15, 0.2) is 51.4 Å². The Hall–Kier alpha value is -2.66. The maximum atomic E-state index is 6.17. The number of benzene rings is 2. The molecule has 0 spiro atoms. The molecule has 0 amide bonds. The van der Waals surface area contributed by atoms with Crippen molar-refractivity contribution >= 4 is 22.7 Å². The molecule has 0 aliphatic rings. The zero-order chi connectivity index (χ0) is 16.5. The molecule has 0 saturated heterocycles. The lowest BCUT2D eigenvalue weighted by molar-refractivity contribution is 0.386. The molecule has 0 saturated carbocycles. The summed E-state index contributed by atoms with van der Waals surface area (Å²) in [6, 6.07) is 13.3. The van der Waals surface area contributed by atoms with Crippen molar-refractivity contribution in [2.24, 2.45) is 0 Å². The van der Waals surface area contributed by atoms with Crippen molar-refractivity contribution in [3.05, 3.63) is 64.8 Å². The first-order chi connectivity index (χ1) is 11.7. The van der Waals surface area contributed by atoms with Gasteiger partial charge in [-0.3, -0.25) is 0 Å². The molecule has 2 aromatic heterocycles. The molecule has 6 heteroatoms. The molecule has 0 N–H and O–H groups in total. The SMILES string of the molecule is CCc1nc2cc(-c3noc(Cc4ccccc4Cl)n3)ccc2o1. The third-order valence-corrected chi connectivity index (χ3v) is 4.13. The zero-order valence-electron chi connectivity index (χ0n) is 13.0. The van der Waals surface area contributed by atoms with Crippen LogP contribution >= 0.6 is 11.6 Å². The molecule has 120 valence electrons. The van der Waals surface area contributed by atoms with Gasteiger partial charge < -0.3 is 8.94 Å². The van der Waals surface area contributed by atoms with E-state index in [0.29, 0.717) is 23.2 Å². The largest absolute Gasteiger partial charge is 0.441 e. The molecule has 0 fully saturated rings. The van der Waals surface area contributed by atoms with Crippen LogP contribution in [0.2, 0.25) is 5.02 Å². The van der Waals surface area contributed by atoms with Crippen LogP contribution in [0.4, 0.5) is 0 Å². The number of rotatable bonds is 4. The fourth-order valence-electron chi connectivity index (χ4n) is 2.51. The summed E-state index contributed by atoms with van der Waals surface area (Å²) in [5.74, 6) is 1.77. The van der Waals surface area contributed by atoms with Crippen LogP contribution in [-0.4, -0.2) is 15.1 Å². The summed E-state index contributed by atoms with van der Waals surface area (Å²) in [6.07, 6.45) is 1.26. The van der Waals surface area contributed by atoms with Gasteiger partial charge in [0.1, 0.15) is 5.52 Å². The Balaban J connectivity index is 1.63. The van der Waals surface area contributed by atoms with E-state index >= 15 is 0 Å². The molecule has 2 heterocycles. The van der Waals surface area contributed by atoms with E-state index in [0.717, 1.165) is 34.5 Å². The topological polar surface area (TPSA) is 65.0 Å². The molecule has 0 radical (unpaired) electrons. The maximum absolute atomic E-state index is 6.17. The lowest BCUT2D eigenvalue weighted by Gasteiger charge is -1.98. The average molecular weight is 340 g/mol. The van der Waals surface area contributed by atoms with Crippen LogP contribution < -0.4 is 0 Å². The maximum Gasteiger partial charge on any atom is 0.231 e. The Labute approximate surface area is 143 Å². The van der Waals surface area contributed by atoms with Gasteiger partial charge in [-0.1, -0.05) is 41.9 Å². The smallest absolute Gasteiger partial charge is 0.231 e. The van der Waals surface area contributed by atoms with Crippen LogP contribution in [0.1, 0.15) is 24.3 Å². The van der Waals surface area contributed by atoms with Gasteiger partial charge in [-0.25, -0.2) is 4.98 Å². The summed E-state index contributed by atoms with van der Waals surface area (Å²) in [4.78, 5) is 8.89. The van der Waals surface area contributed by atoms with Crippen molar-refractivity contribution in [1.29, 1.82) is 0 Å². The molecule has 0 bridgehead atoms. The number of fused-ring (bicyclic) bond motifs is 1. The lowest BCUT2D eigenvalue weighted by atomic mass is 10.1. The van der Waals surface area contributed by atoms with Gasteiger partial charge in [-0.05, 0) is 29.8 Å². The first kappa shape index (κ1) is 14.9. The summed E-state index contributed by atoms with van der Waals surface area (Å²) in [5.41, 5.74) is 3.35. The highest BCUT2D eigenvalue weighted by Gasteiger charge is 2.13. The summed E-state index contributed by atoms with van der Waals surface area (Å²) < 4.78 is 11.0. The quantitative estimate of drug-likeness (QED) is 0.540. The molecule has 4 aromatic rings. The first-order valence-corrected chi connectivity index (χ1v) is 8.06. The molecule has 0 atom stereocenters. The number of hydrogen-bond donors (Lipinski definition) is 0. The van der Waals surface area contributed by atoms with Gasteiger partial charge in [0.2, 0.25) is 11.7 Å². The third kappa shape index (κ3) is 2.78. The summed E-state index contributed by atoms with van der Waals surface area (Å²) in [7, 11) is 0. The van der Waals surface area contributed by atoms with Gasteiger partial charge in [0.15, 0.2) is 11.5 Å². The number of nitrogens with zero attached hydrogens (tertiary/aromatic N) is 3. The highest BCUT2D eigenvalue weighted by molar-refractivity contribution is 6.31. The summed E-state index contributed by atoms with van der Waals surface area (Å²) >= 11 is 6.17. The van der Waals surface area contributed by atoms with Gasteiger partial charge in [0, 0.05) is 17.0 Å². The van der Waals surface area contributed by atoms with Crippen molar-refractivity contribution in [3.63, 3.8) is 0 Å². The van der Waals surface area contributed by atoms with E-state index in [2.05, 4.69) is 15.1 Å². The normalized spacial score (nSPS) is 11.2.